The Balaban J connectivity index is 1.72. The summed E-state index contributed by atoms with van der Waals surface area (Å²) in [7, 11) is 0. The number of amides is 1. The van der Waals surface area contributed by atoms with Crippen LogP contribution in [0.1, 0.15) is 75.6 Å². The predicted molar refractivity (Wildman–Crippen MR) is 125 cm³/mol. The molecule has 0 spiro atoms. The highest BCUT2D eigenvalue weighted by Gasteiger charge is 2.28. The molecule has 2 aliphatic rings. The van der Waals surface area contributed by atoms with Gasteiger partial charge in [0.05, 0.1) is 11.7 Å². The van der Waals surface area contributed by atoms with Gasteiger partial charge in [-0.25, -0.2) is 4.98 Å². The molecule has 0 bridgehead atoms. The van der Waals surface area contributed by atoms with E-state index in [1.54, 1.807) is 6.20 Å². The second-order valence-electron chi connectivity index (χ2n) is 9.06. The van der Waals surface area contributed by atoms with Gasteiger partial charge in [-0.15, -0.1) is 0 Å². The molecule has 6 heteroatoms. The fourth-order valence-corrected chi connectivity index (χ4v) is 5.01. The van der Waals surface area contributed by atoms with Gasteiger partial charge in [-0.3, -0.25) is 9.48 Å². The second-order valence-corrected chi connectivity index (χ2v) is 9.06. The summed E-state index contributed by atoms with van der Waals surface area (Å²) in [6.45, 7) is 6.71. The normalized spacial score (nSPS) is 17.6. The van der Waals surface area contributed by atoms with E-state index in [2.05, 4.69) is 41.4 Å². The van der Waals surface area contributed by atoms with Gasteiger partial charge in [0.15, 0.2) is 0 Å². The monoisotopic (exact) mass is 430 g/mol. The molecule has 1 aliphatic heterocycles. The molecule has 3 aromatic rings. The Labute approximate surface area is 188 Å². The van der Waals surface area contributed by atoms with Crippen LogP contribution in [0.5, 0.6) is 5.88 Å². The average Bonchev–Trinajstić information content (AvgIpc) is 3.41. The number of hydrogen-bond acceptors (Lipinski definition) is 4. The van der Waals surface area contributed by atoms with Crippen LogP contribution in [0.4, 0.5) is 0 Å². The van der Waals surface area contributed by atoms with E-state index in [0.717, 1.165) is 51.6 Å². The van der Waals surface area contributed by atoms with E-state index in [4.69, 9.17) is 4.74 Å². The molecule has 0 unspecified atom stereocenters. The van der Waals surface area contributed by atoms with Crippen LogP contribution >= 0.6 is 0 Å². The largest absolute Gasteiger partial charge is 0.472 e. The number of pyridine rings is 1. The lowest BCUT2D eigenvalue weighted by Gasteiger charge is -2.19. The smallest absolute Gasteiger partial charge is 0.248 e. The summed E-state index contributed by atoms with van der Waals surface area (Å²) < 4.78 is 8.16. The number of rotatable bonds is 4. The Morgan fingerprint density at radius 2 is 2.06 bits per heavy atom. The van der Waals surface area contributed by atoms with Crippen molar-refractivity contribution in [1.29, 1.82) is 0 Å². The number of hydrogen-bond donors (Lipinski definition) is 1. The summed E-state index contributed by atoms with van der Waals surface area (Å²) >= 11 is 0. The lowest BCUT2D eigenvalue weighted by molar-refractivity contribution is -0.118. The number of aromatic nitrogens is 3. The molecule has 1 N–H and O–H groups in total. The van der Waals surface area contributed by atoms with Gasteiger partial charge in [-0.05, 0) is 68.5 Å². The third-order valence-electron chi connectivity index (χ3n) is 6.60. The quantitative estimate of drug-likeness (QED) is 0.580. The number of nitrogens with zero attached hydrogens (tertiary/aromatic N) is 3. The van der Waals surface area contributed by atoms with Crippen LogP contribution in [-0.4, -0.2) is 26.7 Å². The first kappa shape index (κ1) is 20.7. The van der Waals surface area contributed by atoms with E-state index in [-0.39, 0.29) is 18.0 Å². The standard InChI is InChI=1S/C26H30N4O2/c1-4-20(25(31)29-19-8-5-6-9-19)24-21-10-7-11-27-26(21)32-15-18-13-23-17(12-22(18)24)14-28-30(23)16(2)3/h7,10-14,16,19H,4-6,8-9,15H2,1-3H3,(H,29,31)/b24-20+. The van der Waals surface area contributed by atoms with E-state index in [1.807, 2.05) is 29.9 Å². The number of fused-ring (bicyclic) bond motifs is 3. The minimum Gasteiger partial charge on any atom is -0.472 e. The maximum atomic E-state index is 13.5. The molecule has 0 atom stereocenters. The minimum atomic E-state index is 0.0232. The van der Waals surface area contributed by atoms with Crippen molar-refractivity contribution < 1.29 is 9.53 Å². The summed E-state index contributed by atoms with van der Waals surface area (Å²) in [5, 5.41) is 8.95. The van der Waals surface area contributed by atoms with Gasteiger partial charge in [0.1, 0.15) is 6.61 Å². The predicted octanol–water partition coefficient (Wildman–Crippen LogP) is 5.18. The molecule has 1 aromatic carbocycles. The molecule has 5 rings (SSSR count). The van der Waals surface area contributed by atoms with Crippen molar-refractivity contribution >= 4 is 22.4 Å². The van der Waals surface area contributed by atoms with E-state index < -0.39 is 0 Å². The molecule has 0 saturated heterocycles. The van der Waals surface area contributed by atoms with Gasteiger partial charge in [0, 0.05) is 40.4 Å². The zero-order valence-electron chi connectivity index (χ0n) is 19.0. The van der Waals surface area contributed by atoms with Gasteiger partial charge in [0.25, 0.3) is 0 Å². The maximum absolute atomic E-state index is 13.5. The van der Waals surface area contributed by atoms with Gasteiger partial charge in [0.2, 0.25) is 11.8 Å². The van der Waals surface area contributed by atoms with Crippen molar-refractivity contribution in [2.24, 2.45) is 0 Å². The molecule has 1 amide bonds. The molecule has 1 fully saturated rings. The maximum Gasteiger partial charge on any atom is 0.248 e. The van der Waals surface area contributed by atoms with Crippen LogP contribution in [0.2, 0.25) is 0 Å². The van der Waals surface area contributed by atoms with Crippen LogP contribution < -0.4 is 10.1 Å². The Morgan fingerprint density at radius 1 is 1.25 bits per heavy atom. The first-order valence-corrected chi connectivity index (χ1v) is 11.7. The minimum absolute atomic E-state index is 0.0232. The SMILES string of the molecule is CC/C(C(=O)NC1CCCC1)=C1\c2cc3cnn(C(C)C)c3cc2COc2ncccc21. The van der Waals surface area contributed by atoms with Crippen LogP contribution in [0.25, 0.3) is 16.5 Å². The van der Waals surface area contributed by atoms with E-state index in [9.17, 15) is 4.79 Å². The molecule has 6 nitrogen and oxygen atoms in total. The third kappa shape index (κ3) is 3.57. The Morgan fingerprint density at radius 3 is 2.81 bits per heavy atom. The third-order valence-corrected chi connectivity index (χ3v) is 6.60. The van der Waals surface area contributed by atoms with E-state index >= 15 is 0 Å². The van der Waals surface area contributed by atoms with Crippen LogP contribution in [0.15, 0.2) is 42.2 Å². The summed E-state index contributed by atoms with van der Waals surface area (Å²) in [6.07, 6.45) is 8.77. The zero-order valence-corrected chi connectivity index (χ0v) is 19.0. The Kier molecular flexibility index (Phi) is 5.45. The first-order valence-electron chi connectivity index (χ1n) is 11.7. The second kappa shape index (κ2) is 8.41. The van der Waals surface area contributed by atoms with Crippen molar-refractivity contribution in [3.63, 3.8) is 0 Å². The number of nitrogens with one attached hydrogen (secondary N) is 1. The van der Waals surface area contributed by atoms with Crippen LogP contribution in [-0.2, 0) is 11.4 Å². The van der Waals surface area contributed by atoms with Crippen molar-refractivity contribution in [3.05, 3.63) is 58.9 Å². The van der Waals surface area contributed by atoms with Crippen molar-refractivity contribution in [1.82, 2.24) is 20.1 Å². The summed E-state index contributed by atoms with van der Waals surface area (Å²) in [6, 6.07) is 8.76. The number of ether oxygens (including phenoxy) is 1. The molecule has 0 radical (unpaired) electrons. The molecular formula is C26H30N4O2. The highest BCUT2D eigenvalue weighted by atomic mass is 16.5. The van der Waals surface area contributed by atoms with Gasteiger partial charge in [-0.1, -0.05) is 19.8 Å². The van der Waals surface area contributed by atoms with Crippen molar-refractivity contribution in [3.8, 4) is 5.88 Å². The van der Waals surface area contributed by atoms with Crippen LogP contribution in [0.3, 0.4) is 0 Å². The molecule has 1 aliphatic carbocycles. The lowest BCUT2D eigenvalue weighted by Crippen LogP contribution is -2.34. The highest BCUT2D eigenvalue weighted by Crippen LogP contribution is 2.40. The number of benzene rings is 1. The summed E-state index contributed by atoms with van der Waals surface area (Å²) in [5.41, 5.74) is 5.75. The highest BCUT2D eigenvalue weighted by molar-refractivity contribution is 6.06. The first-order chi connectivity index (χ1) is 15.6. The molecular weight excluding hydrogens is 400 g/mol. The zero-order chi connectivity index (χ0) is 22.2. The molecule has 32 heavy (non-hydrogen) atoms. The fraction of sp³-hybridized carbons (Fsp3) is 0.423. The van der Waals surface area contributed by atoms with Gasteiger partial charge >= 0.3 is 0 Å². The Bertz CT molecular complexity index is 1200. The molecule has 3 heterocycles. The lowest BCUT2D eigenvalue weighted by atomic mass is 9.88. The molecule has 1 saturated carbocycles. The number of carbonyl (C=O) groups is 1. The van der Waals surface area contributed by atoms with Gasteiger partial charge < -0.3 is 10.1 Å². The molecule has 166 valence electrons. The van der Waals surface area contributed by atoms with Crippen molar-refractivity contribution in [2.45, 2.75) is 71.6 Å². The number of carbonyl (C=O) groups excluding carboxylic acids is 1. The summed E-state index contributed by atoms with van der Waals surface area (Å²) in [4.78, 5) is 18.0. The average molecular weight is 431 g/mol. The van der Waals surface area contributed by atoms with Gasteiger partial charge in [-0.2, -0.15) is 5.10 Å². The van der Waals surface area contributed by atoms with E-state index in [1.165, 1.54) is 12.8 Å². The summed E-state index contributed by atoms with van der Waals surface area (Å²) in [5.74, 6) is 0.600. The Hall–Kier alpha value is -3.15. The topological polar surface area (TPSA) is 69.0 Å². The molecule has 2 aromatic heterocycles. The van der Waals surface area contributed by atoms with Crippen molar-refractivity contribution in [2.75, 3.05) is 0 Å². The van der Waals surface area contributed by atoms with Crippen LogP contribution in [0, 0.1) is 0 Å². The van der Waals surface area contributed by atoms with E-state index in [0.29, 0.717) is 18.9 Å². The fourth-order valence-electron chi connectivity index (χ4n) is 5.01.